The Morgan fingerprint density at radius 3 is 3.00 bits per heavy atom. The van der Waals surface area contributed by atoms with Gasteiger partial charge in [-0.05, 0) is 26.1 Å². The molecule has 100 valence electrons. The van der Waals surface area contributed by atoms with Crippen LogP contribution in [0.2, 0.25) is 0 Å². The number of halogens is 1. The summed E-state index contributed by atoms with van der Waals surface area (Å²) in [5.74, 6) is 2.32. The predicted octanol–water partition coefficient (Wildman–Crippen LogP) is 2.35. The molecule has 1 atom stereocenters. The first-order valence-electron chi connectivity index (χ1n) is 6.49. The number of nitrogens with one attached hydrogen (secondary N) is 1. The quantitative estimate of drug-likeness (QED) is 0.882. The van der Waals surface area contributed by atoms with Crippen LogP contribution in [0.25, 0.3) is 0 Å². The van der Waals surface area contributed by atoms with Crippen molar-refractivity contribution >= 4 is 11.8 Å². The Morgan fingerprint density at radius 1 is 1.44 bits per heavy atom. The first kappa shape index (κ1) is 13.8. The Bertz CT molecular complexity index is 367. The Kier molecular flexibility index (Phi) is 5.47. The van der Waals surface area contributed by atoms with Crippen LogP contribution in [-0.4, -0.2) is 42.6 Å². The molecule has 1 saturated heterocycles. The lowest BCUT2D eigenvalue weighted by atomic mass is 10.2. The maximum absolute atomic E-state index is 13.5. The molecule has 18 heavy (non-hydrogen) atoms. The van der Waals surface area contributed by atoms with Gasteiger partial charge in [-0.3, -0.25) is 0 Å². The maximum Gasteiger partial charge on any atom is 0.127 e. The van der Waals surface area contributed by atoms with E-state index in [2.05, 4.69) is 17.3 Å². The molecule has 2 rings (SSSR count). The molecule has 2 nitrogen and oxygen atoms in total. The van der Waals surface area contributed by atoms with E-state index in [1.54, 1.807) is 6.07 Å². The molecule has 0 aliphatic carbocycles. The number of nitrogens with zero attached hydrogens (tertiary/aromatic N) is 1. The number of rotatable bonds is 5. The lowest BCUT2D eigenvalue weighted by Gasteiger charge is -2.25. The molecule has 0 amide bonds. The summed E-state index contributed by atoms with van der Waals surface area (Å²) in [5, 5.41) is 3.53. The molecule has 1 aromatic carbocycles. The average Bonchev–Trinajstić information content (AvgIpc) is 2.40. The minimum atomic E-state index is -0.101. The first-order valence-corrected chi connectivity index (χ1v) is 7.64. The molecule has 0 spiro atoms. The summed E-state index contributed by atoms with van der Waals surface area (Å²) in [5.41, 5.74) is 0.783. The number of hydrogen-bond donors (Lipinski definition) is 1. The van der Waals surface area contributed by atoms with E-state index in [-0.39, 0.29) is 5.82 Å². The Balaban J connectivity index is 1.74. The number of hydrogen-bond acceptors (Lipinski definition) is 3. The van der Waals surface area contributed by atoms with E-state index >= 15 is 0 Å². The van der Waals surface area contributed by atoms with Crippen molar-refractivity contribution < 1.29 is 4.39 Å². The van der Waals surface area contributed by atoms with E-state index in [4.69, 9.17) is 0 Å². The van der Waals surface area contributed by atoms with E-state index in [9.17, 15) is 4.39 Å². The van der Waals surface area contributed by atoms with Gasteiger partial charge in [0.2, 0.25) is 0 Å². The summed E-state index contributed by atoms with van der Waals surface area (Å²) in [7, 11) is 2.06. The molecular formula is C14H21FN2S. The topological polar surface area (TPSA) is 15.3 Å². The Morgan fingerprint density at radius 2 is 2.28 bits per heavy atom. The van der Waals surface area contributed by atoms with Gasteiger partial charge in [-0.15, -0.1) is 0 Å². The molecule has 4 heteroatoms. The molecule has 1 fully saturated rings. The smallest absolute Gasteiger partial charge is 0.127 e. The first-order chi connectivity index (χ1) is 8.75. The van der Waals surface area contributed by atoms with Crippen LogP contribution in [0.1, 0.15) is 12.0 Å². The van der Waals surface area contributed by atoms with Gasteiger partial charge in [-0.1, -0.05) is 18.2 Å². The second-order valence-corrected chi connectivity index (χ2v) is 5.99. The van der Waals surface area contributed by atoms with Crippen LogP contribution in [0.5, 0.6) is 0 Å². The molecule has 0 aromatic heterocycles. The fourth-order valence-electron chi connectivity index (χ4n) is 2.18. The van der Waals surface area contributed by atoms with Crippen molar-refractivity contribution in [2.75, 3.05) is 31.6 Å². The third-order valence-electron chi connectivity index (χ3n) is 3.26. The normalized spacial score (nSPS) is 20.3. The van der Waals surface area contributed by atoms with Gasteiger partial charge in [0.05, 0.1) is 0 Å². The molecule has 1 aliphatic heterocycles. The average molecular weight is 268 g/mol. The zero-order valence-electron chi connectivity index (χ0n) is 10.9. The highest BCUT2D eigenvalue weighted by Crippen LogP contribution is 2.12. The fraction of sp³-hybridized carbons (Fsp3) is 0.571. The summed E-state index contributed by atoms with van der Waals surface area (Å²) >= 11 is 2.02. The molecule has 1 aliphatic rings. The molecule has 0 radical (unpaired) electrons. The SMILES string of the molecule is CN(CCC1CSCCN1)Cc1ccccc1F. The van der Waals surface area contributed by atoms with Crippen LogP contribution in [0, 0.1) is 5.82 Å². The highest BCUT2D eigenvalue weighted by molar-refractivity contribution is 7.99. The molecule has 0 saturated carbocycles. The van der Waals surface area contributed by atoms with Crippen LogP contribution in [0.4, 0.5) is 4.39 Å². The molecule has 0 bridgehead atoms. The van der Waals surface area contributed by atoms with Crippen molar-refractivity contribution in [1.82, 2.24) is 10.2 Å². The summed E-state index contributed by atoms with van der Waals surface area (Å²) in [6, 6.07) is 7.64. The molecule has 1 unspecified atom stereocenters. The minimum absolute atomic E-state index is 0.101. The lowest BCUT2D eigenvalue weighted by molar-refractivity contribution is 0.300. The van der Waals surface area contributed by atoms with E-state index in [1.807, 2.05) is 23.9 Å². The van der Waals surface area contributed by atoms with Crippen LogP contribution in [0.3, 0.4) is 0 Å². The number of benzene rings is 1. The van der Waals surface area contributed by atoms with Crippen molar-refractivity contribution in [2.24, 2.45) is 0 Å². The maximum atomic E-state index is 13.5. The third kappa shape index (κ3) is 4.26. The largest absolute Gasteiger partial charge is 0.312 e. The fourth-order valence-corrected chi connectivity index (χ4v) is 3.18. The van der Waals surface area contributed by atoms with E-state index in [0.29, 0.717) is 12.6 Å². The van der Waals surface area contributed by atoms with Crippen LogP contribution < -0.4 is 5.32 Å². The van der Waals surface area contributed by atoms with Gasteiger partial charge in [-0.25, -0.2) is 4.39 Å². The predicted molar refractivity (Wildman–Crippen MR) is 76.5 cm³/mol. The molecule has 1 heterocycles. The van der Waals surface area contributed by atoms with Gasteiger partial charge >= 0.3 is 0 Å². The standard InChI is InChI=1S/C14H21FN2S/c1-17(8-6-13-11-18-9-7-16-13)10-12-4-2-3-5-14(12)15/h2-5,13,16H,6-11H2,1H3. The highest BCUT2D eigenvalue weighted by Gasteiger charge is 2.13. The second-order valence-electron chi connectivity index (χ2n) is 4.84. The third-order valence-corrected chi connectivity index (χ3v) is 4.39. The second kappa shape index (κ2) is 7.12. The minimum Gasteiger partial charge on any atom is -0.312 e. The van der Waals surface area contributed by atoms with Crippen LogP contribution >= 0.6 is 11.8 Å². The van der Waals surface area contributed by atoms with Crippen molar-refractivity contribution in [3.05, 3.63) is 35.6 Å². The van der Waals surface area contributed by atoms with Crippen LogP contribution in [-0.2, 0) is 6.54 Å². The van der Waals surface area contributed by atoms with Gasteiger partial charge in [-0.2, -0.15) is 11.8 Å². The van der Waals surface area contributed by atoms with E-state index in [1.165, 1.54) is 17.6 Å². The Labute approximate surface area is 113 Å². The lowest BCUT2D eigenvalue weighted by Crippen LogP contribution is -2.39. The summed E-state index contributed by atoms with van der Waals surface area (Å²) in [6.45, 7) is 2.81. The monoisotopic (exact) mass is 268 g/mol. The summed E-state index contributed by atoms with van der Waals surface area (Å²) in [4.78, 5) is 2.19. The summed E-state index contributed by atoms with van der Waals surface area (Å²) < 4.78 is 13.5. The molecule has 1 aromatic rings. The zero-order chi connectivity index (χ0) is 12.8. The van der Waals surface area contributed by atoms with Gasteiger partial charge in [0, 0.05) is 36.2 Å². The number of thioether (sulfide) groups is 1. The van der Waals surface area contributed by atoms with Crippen molar-refractivity contribution in [2.45, 2.75) is 19.0 Å². The zero-order valence-corrected chi connectivity index (χ0v) is 11.7. The highest BCUT2D eigenvalue weighted by atomic mass is 32.2. The van der Waals surface area contributed by atoms with Crippen molar-refractivity contribution in [1.29, 1.82) is 0 Å². The van der Waals surface area contributed by atoms with Crippen molar-refractivity contribution in [3.63, 3.8) is 0 Å². The van der Waals surface area contributed by atoms with Crippen LogP contribution in [0.15, 0.2) is 24.3 Å². The van der Waals surface area contributed by atoms with E-state index < -0.39 is 0 Å². The van der Waals surface area contributed by atoms with Crippen molar-refractivity contribution in [3.8, 4) is 0 Å². The van der Waals surface area contributed by atoms with Gasteiger partial charge in [0.1, 0.15) is 5.82 Å². The van der Waals surface area contributed by atoms with Gasteiger partial charge in [0.15, 0.2) is 0 Å². The molecular weight excluding hydrogens is 247 g/mol. The van der Waals surface area contributed by atoms with E-state index in [0.717, 1.165) is 25.1 Å². The van der Waals surface area contributed by atoms with Gasteiger partial charge < -0.3 is 10.2 Å². The Hall–Kier alpha value is -0.580. The molecule has 1 N–H and O–H groups in total. The summed E-state index contributed by atoms with van der Waals surface area (Å²) in [6.07, 6.45) is 1.14. The van der Waals surface area contributed by atoms with Gasteiger partial charge in [0.25, 0.3) is 0 Å².